The molecule has 0 spiro atoms. The number of hydrogen-bond acceptors (Lipinski definition) is 1. The van der Waals surface area contributed by atoms with Crippen LogP contribution in [-0.2, 0) is 0 Å². The van der Waals surface area contributed by atoms with Crippen molar-refractivity contribution in [3.05, 3.63) is 0 Å². The van der Waals surface area contributed by atoms with Gasteiger partial charge >= 0.3 is 0 Å². The van der Waals surface area contributed by atoms with Crippen LogP contribution in [0.3, 0.4) is 0 Å². The molecule has 4 aliphatic rings. The van der Waals surface area contributed by atoms with Gasteiger partial charge in [0, 0.05) is 0 Å². The van der Waals surface area contributed by atoms with E-state index in [2.05, 4.69) is 6.92 Å². The smallest absolute Gasteiger partial charge is 0.0599 e. The van der Waals surface area contributed by atoms with Gasteiger partial charge in [0.1, 0.15) is 0 Å². The molecule has 0 radical (unpaired) electrons. The number of hydrogen-bond donors (Lipinski definition) is 1. The second-order valence-electron chi connectivity index (χ2n) is 5.34. The molecule has 0 aromatic rings. The van der Waals surface area contributed by atoms with Crippen LogP contribution in [0.15, 0.2) is 0 Å². The van der Waals surface area contributed by atoms with Crippen LogP contribution in [0.25, 0.3) is 0 Å². The first-order valence-corrected chi connectivity index (χ1v) is 5.43. The SMILES string of the molecule is C[C@@H]1C2CC3CC(C2)[C@H](O)C1C3. The fourth-order valence-corrected chi connectivity index (χ4v) is 4.18. The molecule has 4 fully saturated rings. The van der Waals surface area contributed by atoms with E-state index in [0.29, 0.717) is 11.8 Å². The van der Waals surface area contributed by atoms with Crippen LogP contribution in [0, 0.1) is 29.6 Å². The molecular weight excluding hydrogens is 148 g/mol. The first-order valence-electron chi connectivity index (χ1n) is 5.43. The van der Waals surface area contributed by atoms with Gasteiger partial charge in [-0.25, -0.2) is 0 Å². The lowest BCUT2D eigenvalue weighted by atomic mass is 9.51. The fourth-order valence-electron chi connectivity index (χ4n) is 4.18. The number of rotatable bonds is 0. The Kier molecular flexibility index (Phi) is 1.39. The molecule has 0 aromatic carbocycles. The largest absolute Gasteiger partial charge is 0.393 e. The summed E-state index contributed by atoms with van der Waals surface area (Å²) in [7, 11) is 0. The van der Waals surface area contributed by atoms with E-state index in [-0.39, 0.29) is 6.10 Å². The van der Waals surface area contributed by atoms with E-state index < -0.39 is 0 Å². The molecule has 0 saturated heterocycles. The molecule has 68 valence electrons. The Balaban J connectivity index is 1.93. The Morgan fingerprint density at radius 1 is 1.00 bits per heavy atom. The molecule has 0 amide bonds. The molecular formula is C11H18O. The third-order valence-corrected chi connectivity index (χ3v) is 4.82. The topological polar surface area (TPSA) is 20.2 Å². The van der Waals surface area contributed by atoms with Gasteiger partial charge in [-0.3, -0.25) is 0 Å². The lowest BCUT2D eigenvalue weighted by Gasteiger charge is -2.56. The van der Waals surface area contributed by atoms with Gasteiger partial charge in [0.15, 0.2) is 0 Å². The summed E-state index contributed by atoms with van der Waals surface area (Å²) < 4.78 is 0. The zero-order valence-corrected chi connectivity index (χ0v) is 7.74. The van der Waals surface area contributed by atoms with E-state index in [4.69, 9.17) is 0 Å². The zero-order chi connectivity index (χ0) is 8.29. The van der Waals surface area contributed by atoms with Gasteiger partial charge in [-0.2, -0.15) is 0 Å². The number of aliphatic hydroxyl groups is 1. The molecule has 1 N–H and O–H groups in total. The van der Waals surface area contributed by atoms with Crippen LogP contribution in [0.2, 0.25) is 0 Å². The van der Waals surface area contributed by atoms with Gasteiger partial charge < -0.3 is 5.11 Å². The Labute approximate surface area is 74.2 Å². The van der Waals surface area contributed by atoms with E-state index in [9.17, 15) is 5.11 Å². The van der Waals surface area contributed by atoms with Crippen molar-refractivity contribution < 1.29 is 5.11 Å². The van der Waals surface area contributed by atoms with Gasteiger partial charge in [0.2, 0.25) is 0 Å². The van der Waals surface area contributed by atoms with E-state index >= 15 is 0 Å². The molecule has 0 heterocycles. The minimum absolute atomic E-state index is 0.0628. The van der Waals surface area contributed by atoms with E-state index in [1.807, 2.05) is 0 Å². The molecule has 1 heteroatoms. The maximum absolute atomic E-state index is 10.00. The molecule has 4 saturated carbocycles. The highest BCUT2D eigenvalue weighted by atomic mass is 16.3. The van der Waals surface area contributed by atoms with E-state index in [1.165, 1.54) is 25.7 Å². The van der Waals surface area contributed by atoms with Gasteiger partial charge in [-0.1, -0.05) is 6.92 Å². The van der Waals surface area contributed by atoms with E-state index in [0.717, 1.165) is 17.8 Å². The van der Waals surface area contributed by atoms with Crippen molar-refractivity contribution in [2.45, 2.75) is 38.7 Å². The summed E-state index contributed by atoms with van der Waals surface area (Å²) in [5.41, 5.74) is 0. The van der Waals surface area contributed by atoms with Gasteiger partial charge in [0.25, 0.3) is 0 Å². The van der Waals surface area contributed by atoms with Gasteiger partial charge in [-0.15, -0.1) is 0 Å². The molecule has 4 aliphatic carbocycles. The maximum atomic E-state index is 10.00. The molecule has 4 rings (SSSR count). The summed E-state index contributed by atoms with van der Waals surface area (Å²) >= 11 is 0. The van der Waals surface area contributed by atoms with Gasteiger partial charge in [-0.05, 0) is 55.3 Å². The Morgan fingerprint density at radius 2 is 1.75 bits per heavy atom. The summed E-state index contributed by atoms with van der Waals surface area (Å²) in [5.74, 6) is 4.12. The minimum Gasteiger partial charge on any atom is -0.393 e. The highest BCUT2D eigenvalue weighted by Gasteiger charge is 2.51. The third kappa shape index (κ3) is 0.783. The lowest BCUT2D eigenvalue weighted by molar-refractivity contribution is -0.124. The summed E-state index contributed by atoms with van der Waals surface area (Å²) in [6.07, 6.45) is 5.53. The van der Waals surface area contributed by atoms with Crippen LogP contribution in [0.5, 0.6) is 0 Å². The normalized spacial score (nSPS) is 62.5. The molecule has 4 unspecified atom stereocenters. The molecule has 1 nitrogen and oxygen atoms in total. The van der Waals surface area contributed by atoms with Crippen molar-refractivity contribution >= 4 is 0 Å². The van der Waals surface area contributed by atoms with Crippen molar-refractivity contribution in [1.29, 1.82) is 0 Å². The predicted octanol–water partition coefficient (Wildman–Crippen LogP) is 2.05. The molecule has 4 bridgehead atoms. The first-order chi connectivity index (χ1) is 5.75. The number of aliphatic hydroxyl groups excluding tert-OH is 1. The fraction of sp³-hybridized carbons (Fsp3) is 1.00. The minimum atomic E-state index is 0.0628. The van der Waals surface area contributed by atoms with Crippen LogP contribution in [-0.4, -0.2) is 11.2 Å². The summed E-state index contributed by atoms with van der Waals surface area (Å²) in [4.78, 5) is 0. The lowest BCUT2D eigenvalue weighted by Crippen LogP contribution is -2.52. The highest BCUT2D eigenvalue weighted by Crippen LogP contribution is 2.56. The molecule has 0 aromatic heterocycles. The average molecular weight is 166 g/mol. The van der Waals surface area contributed by atoms with Crippen molar-refractivity contribution in [3.8, 4) is 0 Å². The second-order valence-corrected chi connectivity index (χ2v) is 5.34. The molecule has 6 atom stereocenters. The zero-order valence-electron chi connectivity index (χ0n) is 7.74. The highest BCUT2D eigenvalue weighted by molar-refractivity contribution is 5.01. The molecule has 12 heavy (non-hydrogen) atoms. The maximum Gasteiger partial charge on any atom is 0.0599 e. The van der Waals surface area contributed by atoms with Crippen molar-refractivity contribution in [1.82, 2.24) is 0 Å². The summed E-state index contributed by atoms with van der Waals surface area (Å²) in [5, 5.41) is 10.00. The van der Waals surface area contributed by atoms with Crippen LogP contribution < -0.4 is 0 Å². The second kappa shape index (κ2) is 2.25. The van der Waals surface area contributed by atoms with Crippen LogP contribution >= 0.6 is 0 Å². The van der Waals surface area contributed by atoms with E-state index in [1.54, 1.807) is 0 Å². The van der Waals surface area contributed by atoms with Crippen molar-refractivity contribution in [2.24, 2.45) is 29.6 Å². The predicted molar refractivity (Wildman–Crippen MR) is 47.6 cm³/mol. The summed E-state index contributed by atoms with van der Waals surface area (Å²) in [6.45, 7) is 2.36. The van der Waals surface area contributed by atoms with Crippen LogP contribution in [0.4, 0.5) is 0 Å². The Hall–Kier alpha value is -0.0400. The summed E-state index contributed by atoms with van der Waals surface area (Å²) in [6, 6.07) is 0. The third-order valence-electron chi connectivity index (χ3n) is 4.82. The van der Waals surface area contributed by atoms with Crippen molar-refractivity contribution in [3.63, 3.8) is 0 Å². The quantitative estimate of drug-likeness (QED) is 0.584. The average Bonchev–Trinajstić information content (AvgIpc) is 2.07. The monoisotopic (exact) mass is 166 g/mol. The first kappa shape index (κ1) is 7.37. The Bertz CT molecular complexity index is 183. The van der Waals surface area contributed by atoms with Crippen LogP contribution in [0.1, 0.15) is 32.6 Å². The standard InChI is InChI=1S/C11H18O/c1-6-8-2-7-3-9(5-8)11(12)10(6)4-7/h6-12H,2-5H2,1H3/t6-,7?,8?,9?,10?,11+/m1/s1. The molecule has 0 aliphatic heterocycles. The van der Waals surface area contributed by atoms with Crippen molar-refractivity contribution in [2.75, 3.05) is 0 Å². The van der Waals surface area contributed by atoms with Gasteiger partial charge in [0.05, 0.1) is 6.10 Å². The Morgan fingerprint density at radius 3 is 2.58 bits per heavy atom.